The van der Waals surface area contributed by atoms with Crippen LogP contribution in [0.5, 0.6) is 0 Å². The van der Waals surface area contributed by atoms with Gasteiger partial charge in [0.2, 0.25) is 0 Å². The van der Waals surface area contributed by atoms with Gasteiger partial charge in [0.15, 0.2) is 5.82 Å². The molecule has 2 aliphatic rings. The quantitative estimate of drug-likeness (QED) is 0.921. The van der Waals surface area contributed by atoms with Gasteiger partial charge in [0.05, 0.1) is 5.69 Å². The lowest BCUT2D eigenvalue weighted by Crippen LogP contribution is -2.35. The average Bonchev–Trinajstić information content (AvgIpc) is 2.89. The molecule has 1 aromatic rings. The summed E-state index contributed by atoms with van der Waals surface area (Å²) in [5.41, 5.74) is 8.08. The highest BCUT2D eigenvalue weighted by molar-refractivity contribution is 7.98. The van der Waals surface area contributed by atoms with Gasteiger partial charge in [-0.25, -0.2) is 9.97 Å². The Bertz CT molecular complexity index is 466. The van der Waals surface area contributed by atoms with Crippen LogP contribution in [0, 0.1) is 0 Å². The number of fused-ring (bicyclic) bond motifs is 1. The minimum atomic E-state index is -0.288. The summed E-state index contributed by atoms with van der Waals surface area (Å²) >= 11 is 1.86. The summed E-state index contributed by atoms with van der Waals surface area (Å²) < 4.78 is 6.08. The molecule has 0 radical (unpaired) electrons. The van der Waals surface area contributed by atoms with E-state index in [1.807, 2.05) is 18.7 Å². The Hall–Kier alpha value is -0.810. The van der Waals surface area contributed by atoms with Crippen molar-refractivity contribution in [1.82, 2.24) is 9.97 Å². The number of hydrogen-bond donors (Lipinski definition) is 1. The molecule has 1 saturated carbocycles. The monoisotopic (exact) mass is 279 g/mol. The molecule has 2 N–H and O–H groups in total. The number of nitrogens with two attached hydrogens (primary N) is 1. The minimum absolute atomic E-state index is 0.288. The van der Waals surface area contributed by atoms with Gasteiger partial charge in [-0.3, -0.25) is 0 Å². The van der Waals surface area contributed by atoms with Crippen LogP contribution in [0.1, 0.15) is 56.1 Å². The molecule has 0 unspecified atom stereocenters. The number of aromatic nitrogens is 2. The molecule has 5 heteroatoms. The molecular formula is C14H21N3OS. The van der Waals surface area contributed by atoms with Crippen molar-refractivity contribution < 1.29 is 4.74 Å². The summed E-state index contributed by atoms with van der Waals surface area (Å²) in [6, 6.07) is 0. The molecule has 1 aliphatic carbocycles. The highest BCUT2D eigenvalue weighted by Gasteiger charge is 2.38. The Morgan fingerprint density at radius 2 is 2.00 bits per heavy atom. The van der Waals surface area contributed by atoms with E-state index >= 15 is 0 Å². The van der Waals surface area contributed by atoms with E-state index in [-0.39, 0.29) is 5.60 Å². The summed E-state index contributed by atoms with van der Waals surface area (Å²) in [7, 11) is 0. The van der Waals surface area contributed by atoms with Gasteiger partial charge in [-0.1, -0.05) is 19.3 Å². The van der Waals surface area contributed by atoms with Gasteiger partial charge in [-0.2, -0.15) is 11.8 Å². The van der Waals surface area contributed by atoms with Gasteiger partial charge in [-0.05, 0) is 19.8 Å². The average molecular weight is 279 g/mol. The van der Waals surface area contributed by atoms with E-state index in [1.165, 1.54) is 19.3 Å². The second kappa shape index (κ2) is 5.29. The largest absolute Gasteiger partial charge is 0.383 e. The second-order valence-corrected chi connectivity index (χ2v) is 6.32. The SMILES string of the molecule is CCOC1(c2nc(N)c3c(n2)CSC3)CCCCC1. The molecule has 1 aromatic heterocycles. The van der Waals surface area contributed by atoms with Gasteiger partial charge in [-0.15, -0.1) is 0 Å². The van der Waals surface area contributed by atoms with Crippen LogP contribution in [-0.4, -0.2) is 16.6 Å². The summed E-state index contributed by atoms with van der Waals surface area (Å²) in [6.45, 7) is 2.75. The fraction of sp³-hybridized carbons (Fsp3) is 0.714. The fourth-order valence-corrected chi connectivity index (χ4v) is 4.16. The number of hydrogen-bond acceptors (Lipinski definition) is 5. The van der Waals surface area contributed by atoms with E-state index in [9.17, 15) is 0 Å². The predicted octanol–water partition coefficient (Wildman–Crippen LogP) is 3.00. The molecule has 3 rings (SSSR count). The van der Waals surface area contributed by atoms with Crippen LogP contribution in [0.2, 0.25) is 0 Å². The number of thioether (sulfide) groups is 1. The zero-order valence-electron chi connectivity index (χ0n) is 11.4. The molecule has 0 aromatic carbocycles. The van der Waals surface area contributed by atoms with Crippen molar-refractivity contribution >= 4 is 17.6 Å². The van der Waals surface area contributed by atoms with Crippen LogP contribution in [0.4, 0.5) is 5.82 Å². The molecule has 4 nitrogen and oxygen atoms in total. The van der Waals surface area contributed by atoms with Crippen molar-refractivity contribution in [2.75, 3.05) is 12.3 Å². The zero-order valence-corrected chi connectivity index (χ0v) is 12.3. The topological polar surface area (TPSA) is 61.0 Å². The Morgan fingerprint density at radius 1 is 1.21 bits per heavy atom. The highest BCUT2D eigenvalue weighted by Crippen LogP contribution is 2.41. The van der Waals surface area contributed by atoms with E-state index in [0.717, 1.165) is 41.4 Å². The predicted molar refractivity (Wildman–Crippen MR) is 77.8 cm³/mol. The maximum Gasteiger partial charge on any atom is 0.162 e. The first-order valence-electron chi connectivity index (χ1n) is 7.12. The first-order chi connectivity index (χ1) is 9.25. The first-order valence-corrected chi connectivity index (χ1v) is 8.28. The molecule has 0 atom stereocenters. The van der Waals surface area contributed by atoms with Gasteiger partial charge < -0.3 is 10.5 Å². The molecule has 0 spiro atoms. The van der Waals surface area contributed by atoms with E-state index in [1.54, 1.807) is 0 Å². The van der Waals surface area contributed by atoms with Crippen molar-refractivity contribution in [3.05, 3.63) is 17.1 Å². The van der Waals surface area contributed by atoms with Crippen LogP contribution in [0.25, 0.3) is 0 Å². The third kappa shape index (κ3) is 2.34. The Kier molecular flexibility index (Phi) is 3.67. The van der Waals surface area contributed by atoms with Crippen molar-refractivity contribution in [3.8, 4) is 0 Å². The van der Waals surface area contributed by atoms with E-state index < -0.39 is 0 Å². The maximum absolute atomic E-state index is 6.11. The lowest BCUT2D eigenvalue weighted by Gasteiger charge is -2.35. The summed E-state index contributed by atoms with van der Waals surface area (Å²) in [6.07, 6.45) is 5.70. The fourth-order valence-electron chi connectivity index (χ4n) is 3.11. The first kappa shape index (κ1) is 13.2. The molecular weight excluding hydrogens is 258 g/mol. The number of rotatable bonds is 3. The Labute approximate surface area is 118 Å². The minimum Gasteiger partial charge on any atom is -0.383 e. The molecule has 104 valence electrons. The normalized spacial score (nSPS) is 21.3. The highest BCUT2D eigenvalue weighted by atomic mass is 32.2. The molecule has 0 bridgehead atoms. The molecule has 1 aliphatic heterocycles. The third-order valence-electron chi connectivity index (χ3n) is 4.10. The lowest BCUT2D eigenvalue weighted by molar-refractivity contribution is -0.0767. The Morgan fingerprint density at radius 3 is 2.74 bits per heavy atom. The van der Waals surface area contributed by atoms with Gasteiger partial charge in [0.1, 0.15) is 11.4 Å². The van der Waals surface area contributed by atoms with Crippen molar-refractivity contribution in [1.29, 1.82) is 0 Å². The number of ether oxygens (including phenoxy) is 1. The summed E-state index contributed by atoms with van der Waals surface area (Å²) in [5.74, 6) is 3.39. The van der Waals surface area contributed by atoms with Gasteiger partial charge in [0.25, 0.3) is 0 Å². The van der Waals surface area contributed by atoms with E-state index in [0.29, 0.717) is 12.4 Å². The van der Waals surface area contributed by atoms with Gasteiger partial charge in [0, 0.05) is 23.7 Å². The van der Waals surface area contributed by atoms with E-state index in [4.69, 9.17) is 15.5 Å². The Balaban J connectivity index is 2.00. The van der Waals surface area contributed by atoms with Crippen LogP contribution < -0.4 is 5.73 Å². The van der Waals surface area contributed by atoms with Crippen LogP contribution in [0.15, 0.2) is 0 Å². The van der Waals surface area contributed by atoms with Crippen molar-refractivity contribution in [3.63, 3.8) is 0 Å². The maximum atomic E-state index is 6.11. The second-order valence-electron chi connectivity index (χ2n) is 5.34. The van der Waals surface area contributed by atoms with Crippen LogP contribution in [0.3, 0.4) is 0 Å². The summed E-state index contributed by atoms with van der Waals surface area (Å²) in [5, 5.41) is 0. The van der Waals surface area contributed by atoms with Crippen molar-refractivity contribution in [2.24, 2.45) is 0 Å². The summed E-state index contributed by atoms with van der Waals surface area (Å²) in [4.78, 5) is 9.38. The van der Waals surface area contributed by atoms with Crippen molar-refractivity contribution in [2.45, 2.75) is 56.1 Å². The van der Waals surface area contributed by atoms with Crippen LogP contribution in [-0.2, 0) is 21.8 Å². The smallest absolute Gasteiger partial charge is 0.162 e. The standard InChI is InChI=1S/C14H21N3OS/c1-2-18-14(6-4-3-5-7-14)13-16-11-9-19-8-10(11)12(15)17-13/h2-9H2,1H3,(H2,15,16,17). The number of anilines is 1. The molecule has 0 amide bonds. The zero-order chi connectivity index (χ0) is 13.3. The molecule has 0 saturated heterocycles. The molecule has 19 heavy (non-hydrogen) atoms. The number of nitrogen functional groups attached to an aromatic ring is 1. The van der Waals surface area contributed by atoms with E-state index in [2.05, 4.69) is 4.98 Å². The van der Waals surface area contributed by atoms with Gasteiger partial charge >= 0.3 is 0 Å². The number of nitrogens with zero attached hydrogens (tertiary/aromatic N) is 2. The van der Waals surface area contributed by atoms with Crippen LogP contribution >= 0.6 is 11.8 Å². The molecule has 1 fully saturated rings. The third-order valence-corrected chi connectivity index (χ3v) is 5.07. The lowest BCUT2D eigenvalue weighted by atomic mass is 9.83. The molecule has 2 heterocycles.